The van der Waals surface area contributed by atoms with Gasteiger partial charge in [0.2, 0.25) is 15.9 Å². The van der Waals surface area contributed by atoms with Crippen LogP contribution in [0.1, 0.15) is 38.7 Å². The highest BCUT2D eigenvalue weighted by Crippen LogP contribution is 2.30. The predicted octanol–water partition coefficient (Wildman–Crippen LogP) is 2.09. The zero-order chi connectivity index (χ0) is 20.0. The van der Waals surface area contributed by atoms with E-state index >= 15 is 0 Å². The maximum atomic E-state index is 13.2. The summed E-state index contributed by atoms with van der Waals surface area (Å²) >= 11 is 0. The molecule has 0 saturated carbocycles. The third-order valence-electron chi connectivity index (χ3n) is 4.56. The molecule has 2 rings (SSSR count). The number of methoxy groups -OCH3 is 1. The van der Waals surface area contributed by atoms with E-state index in [4.69, 9.17) is 9.47 Å². The molecule has 1 heterocycles. The largest absolute Gasteiger partial charge is 0.497 e. The van der Waals surface area contributed by atoms with Crippen LogP contribution in [0.2, 0.25) is 0 Å². The van der Waals surface area contributed by atoms with Crippen molar-refractivity contribution < 1.29 is 22.7 Å². The second-order valence-corrected chi connectivity index (χ2v) is 8.83. The van der Waals surface area contributed by atoms with Crippen LogP contribution < -0.4 is 10.1 Å². The summed E-state index contributed by atoms with van der Waals surface area (Å²) in [6.07, 6.45) is 2.04. The Bertz CT molecular complexity index is 748. The maximum absolute atomic E-state index is 13.2. The molecule has 1 N–H and O–H groups in total. The number of carbonyl (C=O) groups excluding carboxylic acids is 1. The Morgan fingerprint density at radius 2 is 2.11 bits per heavy atom. The molecule has 7 nitrogen and oxygen atoms in total. The highest BCUT2D eigenvalue weighted by atomic mass is 32.2. The van der Waals surface area contributed by atoms with Crippen molar-refractivity contribution >= 4 is 15.9 Å². The molecule has 0 unspecified atom stereocenters. The normalized spacial score (nSPS) is 18.0. The van der Waals surface area contributed by atoms with Crippen LogP contribution >= 0.6 is 0 Å². The Hall–Kier alpha value is -1.64. The van der Waals surface area contributed by atoms with Gasteiger partial charge in [0.1, 0.15) is 11.8 Å². The second-order valence-electron chi connectivity index (χ2n) is 6.97. The topological polar surface area (TPSA) is 84.9 Å². The summed E-state index contributed by atoms with van der Waals surface area (Å²) in [5, 5.41) is 2.84. The SMILES string of the molecule is COc1ccc(C)c(S(=O)(=O)N2CCC[C@@H]2C(=O)NCCCOC(C)C)c1. The predicted molar refractivity (Wildman–Crippen MR) is 103 cm³/mol. The lowest BCUT2D eigenvalue weighted by atomic mass is 10.2. The molecule has 1 aromatic rings. The van der Waals surface area contributed by atoms with Crippen LogP contribution in [0.4, 0.5) is 0 Å². The molecule has 27 heavy (non-hydrogen) atoms. The van der Waals surface area contributed by atoms with E-state index in [0.717, 1.165) is 0 Å². The lowest BCUT2D eigenvalue weighted by molar-refractivity contribution is -0.124. The number of sulfonamides is 1. The van der Waals surface area contributed by atoms with Crippen molar-refractivity contribution in [2.75, 3.05) is 26.8 Å². The number of aryl methyl sites for hydroxylation is 1. The minimum absolute atomic E-state index is 0.155. The highest BCUT2D eigenvalue weighted by molar-refractivity contribution is 7.89. The molecule has 1 saturated heterocycles. The number of rotatable bonds is 9. The fraction of sp³-hybridized carbons (Fsp3) is 0.632. The average Bonchev–Trinajstić information content (AvgIpc) is 3.12. The van der Waals surface area contributed by atoms with Crippen LogP contribution in [0.3, 0.4) is 0 Å². The molecule has 0 spiro atoms. The van der Waals surface area contributed by atoms with Gasteiger partial charge in [0, 0.05) is 25.8 Å². The van der Waals surface area contributed by atoms with Gasteiger partial charge >= 0.3 is 0 Å². The van der Waals surface area contributed by atoms with Crippen LogP contribution in [0.25, 0.3) is 0 Å². The summed E-state index contributed by atoms with van der Waals surface area (Å²) in [6, 6.07) is 4.28. The first-order valence-electron chi connectivity index (χ1n) is 9.33. The molecule has 0 bridgehead atoms. The van der Waals surface area contributed by atoms with E-state index < -0.39 is 16.1 Å². The van der Waals surface area contributed by atoms with Gasteiger partial charge in [-0.2, -0.15) is 4.31 Å². The van der Waals surface area contributed by atoms with Crippen LogP contribution in [0.15, 0.2) is 23.1 Å². The monoisotopic (exact) mass is 398 g/mol. The quantitative estimate of drug-likeness (QED) is 0.644. The maximum Gasteiger partial charge on any atom is 0.244 e. The van der Waals surface area contributed by atoms with E-state index in [1.807, 2.05) is 13.8 Å². The minimum atomic E-state index is -3.77. The number of nitrogens with zero attached hydrogens (tertiary/aromatic N) is 1. The van der Waals surface area contributed by atoms with Gasteiger partial charge in [-0.25, -0.2) is 8.42 Å². The molecule has 1 aliphatic heterocycles. The van der Waals surface area contributed by atoms with Crippen molar-refractivity contribution in [3.63, 3.8) is 0 Å². The molecule has 0 radical (unpaired) electrons. The Labute approximate surface area is 162 Å². The Balaban J connectivity index is 2.07. The molecule has 1 aliphatic rings. The smallest absolute Gasteiger partial charge is 0.244 e. The fourth-order valence-electron chi connectivity index (χ4n) is 3.12. The molecule has 1 atom stereocenters. The number of amides is 1. The Morgan fingerprint density at radius 1 is 1.37 bits per heavy atom. The van der Waals surface area contributed by atoms with Crippen molar-refractivity contribution in [2.45, 2.75) is 57.1 Å². The lowest BCUT2D eigenvalue weighted by Gasteiger charge is -2.24. The Kier molecular flexibility index (Phi) is 7.64. The van der Waals surface area contributed by atoms with Gasteiger partial charge in [-0.1, -0.05) is 6.07 Å². The third-order valence-corrected chi connectivity index (χ3v) is 6.61. The van der Waals surface area contributed by atoms with Gasteiger partial charge in [-0.15, -0.1) is 0 Å². The van der Waals surface area contributed by atoms with Crippen LogP contribution in [-0.2, 0) is 19.6 Å². The molecule has 0 aliphatic carbocycles. The number of nitrogens with one attached hydrogen (secondary N) is 1. The van der Waals surface area contributed by atoms with E-state index in [1.54, 1.807) is 19.1 Å². The Morgan fingerprint density at radius 3 is 2.78 bits per heavy atom. The molecular weight excluding hydrogens is 368 g/mol. The van der Waals surface area contributed by atoms with Gasteiger partial charge < -0.3 is 14.8 Å². The number of carbonyl (C=O) groups is 1. The van der Waals surface area contributed by atoms with Crippen molar-refractivity contribution in [1.82, 2.24) is 9.62 Å². The summed E-state index contributed by atoms with van der Waals surface area (Å²) in [7, 11) is -2.28. The van der Waals surface area contributed by atoms with E-state index in [-0.39, 0.29) is 16.9 Å². The highest BCUT2D eigenvalue weighted by Gasteiger charge is 2.40. The third kappa shape index (κ3) is 5.43. The van der Waals surface area contributed by atoms with E-state index in [0.29, 0.717) is 50.3 Å². The van der Waals surface area contributed by atoms with Crippen molar-refractivity contribution in [3.8, 4) is 5.75 Å². The minimum Gasteiger partial charge on any atom is -0.497 e. The molecule has 8 heteroatoms. The van der Waals surface area contributed by atoms with Gasteiger partial charge in [-0.05, 0) is 51.7 Å². The van der Waals surface area contributed by atoms with Crippen molar-refractivity contribution in [1.29, 1.82) is 0 Å². The van der Waals surface area contributed by atoms with Gasteiger partial charge in [0.15, 0.2) is 0 Å². The lowest BCUT2D eigenvalue weighted by Crippen LogP contribution is -2.46. The zero-order valence-electron chi connectivity index (χ0n) is 16.5. The number of ether oxygens (including phenoxy) is 2. The second kappa shape index (κ2) is 9.52. The summed E-state index contributed by atoms with van der Waals surface area (Å²) in [4.78, 5) is 12.7. The van der Waals surface area contributed by atoms with Crippen molar-refractivity contribution in [2.24, 2.45) is 0 Å². The zero-order valence-corrected chi connectivity index (χ0v) is 17.3. The van der Waals surface area contributed by atoms with E-state index in [9.17, 15) is 13.2 Å². The standard InChI is InChI=1S/C19H30N2O5S/c1-14(2)26-12-6-10-20-19(22)17-7-5-11-21(17)27(23,24)18-13-16(25-4)9-8-15(18)3/h8-9,13-14,17H,5-7,10-12H2,1-4H3,(H,20,22)/t17-/m1/s1. The first-order chi connectivity index (χ1) is 12.8. The average molecular weight is 399 g/mol. The van der Waals surface area contributed by atoms with E-state index in [2.05, 4.69) is 5.32 Å². The van der Waals surface area contributed by atoms with Gasteiger partial charge in [-0.3, -0.25) is 4.79 Å². The molecular formula is C19H30N2O5S. The first-order valence-corrected chi connectivity index (χ1v) is 10.8. The number of benzene rings is 1. The van der Waals surface area contributed by atoms with Crippen LogP contribution in [0, 0.1) is 6.92 Å². The number of hydrogen-bond donors (Lipinski definition) is 1. The van der Waals surface area contributed by atoms with E-state index in [1.165, 1.54) is 17.5 Å². The molecule has 0 aromatic heterocycles. The summed E-state index contributed by atoms with van der Waals surface area (Å²) in [5.74, 6) is 0.227. The van der Waals surface area contributed by atoms with Gasteiger partial charge in [0.25, 0.3) is 0 Å². The molecule has 1 fully saturated rings. The van der Waals surface area contributed by atoms with Gasteiger partial charge in [0.05, 0.1) is 18.1 Å². The summed E-state index contributed by atoms with van der Waals surface area (Å²) in [5.41, 5.74) is 0.632. The fourth-order valence-corrected chi connectivity index (χ4v) is 5.02. The summed E-state index contributed by atoms with van der Waals surface area (Å²) in [6.45, 7) is 7.03. The molecule has 152 valence electrons. The molecule has 1 amide bonds. The van der Waals surface area contributed by atoms with Crippen LogP contribution in [0.5, 0.6) is 5.75 Å². The molecule has 1 aromatic carbocycles. The number of hydrogen-bond acceptors (Lipinski definition) is 5. The summed E-state index contributed by atoms with van der Waals surface area (Å²) < 4.78 is 38.2. The van der Waals surface area contributed by atoms with Crippen molar-refractivity contribution in [3.05, 3.63) is 23.8 Å². The van der Waals surface area contributed by atoms with Crippen LogP contribution in [-0.4, -0.2) is 57.6 Å². The first kappa shape index (κ1) is 21.7.